The van der Waals surface area contributed by atoms with E-state index in [1.807, 2.05) is 12.1 Å². The van der Waals surface area contributed by atoms with Crippen LogP contribution >= 0.6 is 23.2 Å². The van der Waals surface area contributed by atoms with Crippen molar-refractivity contribution in [3.05, 3.63) is 33.8 Å². The van der Waals surface area contributed by atoms with E-state index in [0.717, 1.165) is 6.42 Å². The molecule has 0 saturated heterocycles. The zero-order chi connectivity index (χ0) is 12.6. The fourth-order valence-corrected chi connectivity index (χ4v) is 2.90. The lowest BCUT2D eigenvalue weighted by molar-refractivity contribution is 0.284. The highest BCUT2D eigenvalue weighted by Gasteiger charge is 2.27. The van der Waals surface area contributed by atoms with Gasteiger partial charge in [-0.1, -0.05) is 57.8 Å². The molecular formula is C14H20Cl2. The minimum absolute atomic E-state index is 0.0901. The Labute approximate surface area is 109 Å². The molecule has 0 unspecified atom stereocenters. The molecule has 90 valence electrons. The van der Waals surface area contributed by atoms with Crippen molar-refractivity contribution in [1.82, 2.24) is 0 Å². The maximum absolute atomic E-state index is 6.04. The summed E-state index contributed by atoms with van der Waals surface area (Å²) >= 11 is 12.1. The Hall–Kier alpha value is -0.200. The zero-order valence-electron chi connectivity index (χ0n) is 10.7. The van der Waals surface area contributed by atoms with E-state index in [9.17, 15) is 0 Å². The van der Waals surface area contributed by atoms with E-state index in [1.165, 1.54) is 5.56 Å². The molecular weight excluding hydrogens is 239 g/mol. The summed E-state index contributed by atoms with van der Waals surface area (Å²) in [5, 5.41) is 1.42. The van der Waals surface area contributed by atoms with Crippen LogP contribution in [0.3, 0.4) is 0 Å². The van der Waals surface area contributed by atoms with Crippen molar-refractivity contribution in [3.8, 4) is 0 Å². The highest BCUT2D eigenvalue weighted by molar-refractivity contribution is 6.34. The molecule has 0 aliphatic carbocycles. The molecule has 0 saturated carbocycles. The van der Waals surface area contributed by atoms with Gasteiger partial charge in [-0.2, -0.15) is 0 Å². The quantitative estimate of drug-likeness (QED) is 0.638. The second kappa shape index (κ2) is 4.58. The van der Waals surface area contributed by atoms with Gasteiger partial charge in [0.05, 0.1) is 0 Å². The average molecular weight is 259 g/mol. The number of hydrogen-bond acceptors (Lipinski definition) is 0. The standard InChI is InChI=1S/C14H20Cl2/c1-13(2,3)9-14(4,5)10-6-11(15)8-12(16)7-10/h6-8H,9H2,1-5H3. The first-order valence-electron chi connectivity index (χ1n) is 5.57. The Balaban J connectivity index is 3.06. The topological polar surface area (TPSA) is 0 Å². The fourth-order valence-electron chi connectivity index (χ4n) is 2.37. The summed E-state index contributed by atoms with van der Waals surface area (Å²) in [6.07, 6.45) is 1.09. The van der Waals surface area contributed by atoms with Gasteiger partial charge in [0.2, 0.25) is 0 Å². The largest absolute Gasteiger partial charge is 0.0843 e. The molecule has 0 N–H and O–H groups in total. The maximum Gasteiger partial charge on any atom is 0.0423 e. The van der Waals surface area contributed by atoms with Crippen molar-refractivity contribution < 1.29 is 0 Å². The lowest BCUT2D eigenvalue weighted by atomic mass is 9.72. The van der Waals surface area contributed by atoms with Gasteiger partial charge in [-0.15, -0.1) is 0 Å². The van der Waals surface area contributed by atoms with Crippen LogP contribution in [-0.4, -0.2) is 0 Å². The van der Waals surface area contributed by atoms with Gasteiger partial charge in [-0.3, -0.25) is 0 Å². The molecule has 0 heterocycles. The van der Waals surface area contributed by atoms with E-state index in [1.54, 1.807) is 6.07 Å². The molecule has 0 nitrogen and oxygen atoms in total. The molecule has 0 fully saturated rings. The first-order valence-corrected chi connectivity index (χ1v) is 6.32. The fraction of sp³-hybridized carbons (Fsp3) is 0.571. The van der Waals surface area contributed by atoms with Gasteiger partial charge in [0.15, 0.2) is 0 Å². The molecule has 1 aromatic carbocycles. The van der Waals surface area contributed by atoms with Gasteiger partial charge in [-0.05, 0) is 41.0 Å². The Morgan fingerprint density at radius 1 is 0.875 bits per heavy atom. The lowest BCUT2D eigenvalue weighted by Crippen LogP contribution is -2.24. The van der Waals surface area contributed by atoms with Crippen molar-refractivity contribution in [2.75, 3.05) is 0 Å². The van der Waals surface area contributed by atoms with Crippen LogP contribution in [-0.2, 0) is 5.41 Å². The van der Waals surface area contributed by atoms with E-state index < -0.39 is 0 Å². The molecule has 16 heavy (non-hydrogen) atoms. The lowest BCUT2D eigenvalue weighted by Gasteiger charge is -2.33. The van der Waals surface area contributed by atoms with Crippen molar-refractivity contribution in [3.63, 3.8) is 0 Å². The zero-order valence-corrected chi connectivity index (χ0v) is 12.2. The van der Waals surface area contributed by atoms with Crippen LogP contribution in [0, 0.1) is 5.41 Å². The summed E-state index contributed by atoms with van der Waals surface area (Å²) in [7, 11) is 0. The van der Waals surface area contributed by atoms with Gasteiger partial charge in [0, 0.05) is 10.0 Å². The number of rotatable bonds is 2. The van der Waals surface area contributed by atoms with E-state index in [-0.39, 0.29) is 10.8 Å². The van der Waals surface area contributed by atoms with Crippen LogP contribution in [0.5, 0.6) is 0 Å². The van der Waals surface area contributed by atoms with E-state index in [4.69, 9.17) is 23.2 Å². The summed E-state index contributed by atoms with van der Waals surface area (Å²) in [5.41, 5.74) is 1.59. The molecule has 2 heteroatoms. The second-order valence-corrected chi connectivity index (χ2v) is 7.15. The Kier molecular flexibility index (Phi) is 3.97. The van der Waals surface area contributed by atoms with Crippen molar-refractivity contribution >= 4 is 23.2 Å². The van der Waals surface area contributed by atoms with Gasteiger partial charge in [-0.25, -0.2) is 0 Å². The second-order valence-electron chi connectivity index (χ2n) is 6.28. The minimum Gasteiger partial charge on any atom is -0.0843 e. The minimum atomic E-state index is 0.0901. The summed E-state index contributed by atoms with van der Waals surface area (Å²) in [6.45, 7) is 11.2. The van der Waals surface area contributed by atoms with Gasteiger partial charge >= 0.3 is 0 Å². The van der Waals surface area contributed by atoms with Crippen molar-refractivity contribution in [1.29, 1.82) is 0 Å². The molecule has 0 aliphatic rings. The predicted octanol–water partition coefficient (Wildman–Crippen LogP) is 5.71. The van der Waals surface area contributed by atoms with Gasteiger partial charge < -0.3 is 0 Å². The van der Waals surface area contributed by atoms with E-state index in [0.29, 0.717) is 10.0 Å². The SMILES string of the molecule is CC(C)(C)CC(C)(C)c1cc(Cl)cc(Cl)c1. The van der Waals surface area contributed by atoms with Gasteiger partial charge in [0.1, 0.15) is 0 Å². The number of hydrogen-bond donors (Lipinski definition) is 0. The van der Waals surface area contributed by atoms with Gasteiger partial charge in [0.25, 0.3) is 0 Å². The van der Waals surface area contributed by atoms with Crippen molar-refractivity contribution in [2.24, 2.45) is 5.41 Å². The molecule has 0 radical (unpaired) electrons. The van der Waals surface area contributed by atoms with Crippen LogP contribution in [0.15, 0.2) is 18.2 Å². The summed E-state index contributed by atoms with van der Waals surface area (Å²) in [5.74, 6) is 0. The number of benzene rings is 1. The van der Waals surface area contributed by atoms with Crippen LogP contribution in [0.1, 0.15) is 46.6 Å². The Morgan fingerprint density at radius 2 is 1.31 bits per heavy atom. The molecule has 0 aliphatic heterocycles. The molecule has 0 amide bonds. The van der Waals surface area contributed by atoms with Crippen LogP contribution in [0.25, 0.3) is 0 Å². The third-order valence-corrected chi connectivity index (χ3v) is 3.05. The third kappa shape index (κ3) is 3.99. The van der Waals surface area contributed by atoms with E-state index >= 15 is 0 Å². The maximum atomic E-state index is 6.04. The monoisotopic (exact) mass is 258 g/mol. The average Bonchev–Trinajstić information content (AvgIpc) is 1.96. The van der Waals surface area contributed by atoms with Crippen LogP contribution in [0.4, 0.5) is 0 Å². The third-order valence-electron chi connectivity index (χ3n) is 2.62. The van der Waals surface area contributed by atoms with Crippen LogP contribution < -0.4 is 0 Å². The highest BCUT2D eigenvalue weighted by atomic mass is 35.5. The Bertz CT molecular complexity index is 353. The highest BCUT2D eigenvalue weighted by Crippen LogP contribution is 2.38. The molecule has 0 bridgehead atoms. The first-order chi connectivity index (χ1) is 7.10. The summed E-state index contributed by atoms with van der Waals surface area (Å²) in [4.78, 5) is 0. The summed E-state index contributed by atoms with van der Waals surface area (Å²) in [6, 6.07) is 5.80. The number of halogens is 2. The summed E-state index contributed by atoms with van der Waals surface area (Å²) < 4.78 is 0. The smallest absolute Gasteiger partial charge is 0.0423 e. The molecule has 1 aromatic rings. The molecule has 1 rings (SSSR count). The normalized spacial score (nSPS) is 12.9. The van der Waals surface area contributed by atoms with E-state index in [2.05, 4.69) is 34.6 Å². The van der Waals surface area contributed by atoms with Crippen LogP contribution in [0.2, 0.25) is 10.0 Å². The molecule has 0 aromatic heterocycles. The van der Waals surface area contributed by atoms with Crippen molar-refractivity contribution in [2.45, 2.75) is 46.5 Å². The first kappa shape index (κ1) is 13.9. The Morgan fingerprint density at radius 3 is 1.69 bits per heavy atom. The predicted molar refractivity (Wildman–Crippen MR) is 73.6 cm³/mol. The molecule has 0 atom stereocenters. The molecule has 0 spiro atoms.